The molecule has 1 nitrogen and oxygen atoms in total. The van der Waals surface area contributed by atoms with Crippen molar-refractivity contribution in [3.05, 3.63) is 48.2 Å². The Bertz CT molecular complexity index is 226. The highest BCUT2D eigenvalue weighted by Gasteiger charge is 1.87. The Morgan fingerprint density at radius 1 is 1.25 bits per heavy atom. The monoisotopic (exact) mass is 162 g/mol. The van der Waals surface area contributed by atoms with Crippen LogP contribution >= 0.6 is 0 Å². The first-order chi connectivity index (χ1) is 5.93. The number of rotatable bonds is 4. The Labute approximate surface area is 73.7 Å². The van der Waals surface area contributed by atoms with Gasteiger partial charge in [0.25, 0.3) is 0 Å². The van der Waals surface area contributed by atoms with Gasteiger partial charge in [-0.3, -0.25) is 0 Å². The first kappa shape index (κ1) is 8.85. The molecule has 0 saturated carbocycles. The molecular formula is C11H14O. The maximum absolute atomic E-state index is 4.80. The van der Waals surface area contributed by atoms with E-state index >= 15 is 0 Å². The van der Waals surface area contributed by atoms with Gasteiger partial charge >= 0.3 is 0 Å². The quantitative estimate of drug-likeness (QED) is 0.618. The van der Waals surface area contributed by atoms with Crippen LogP contribution in [0, 0.1) is 0 Å². The Balaban J connectivity index is 2.29. The molecule has 0 heterocycles. The number of ether oxygens (including phenoxy) is 1. The lowest BCUT2D eigenvalue weighted by molar-refractivity contribution is 0.336. The zero-order chi connectivity index (χ0) is 8.65. The topological polar surface area (TPSA) is 9.23 Å². The fraction of sp³-hybridized carbons (Fsp3) is 0.273. The molecule has 1 aromatic rings. The highest BCUT2D eigenvalue weighted by molar-refractivity contribution is 5.15. The van der Waals surface area contributed by atoms with Crippen molar-refractivity contribution in [3.63, 3.8) is 0 Å². The van der Waals surface area contributed by atoms with Crippen molar-refractivity contribution in [2.24, 2.45) is 0 Å². The Morgan fingerprint density at radius 2 is 2.00 bits per heavy atom. The second kappa shape index (κ2) is 5.42. The van der Waals surface area contributed by atoms with E-state index in [4.69, 9.17) is 4.74 Å². The van der Waals surface area contributed by atoms with Gasteiger partial charge in [-0.05, 0) is 24.5 Å². The smallest absolute Gasteiger partial charge is 0.0784 e. The molecular weight excluding hydrogens is 148 g/mol. The number of hydrogen-bond acceptors (Lipinski definition) is 1. The molecule has 0 bridgehead atoms. The highest BCUT2D eigenvalue weighted by atomic mass is 16.5. The normalized spacial score (nSPS) is 10.4. The number of aryl methyl sites for hydroxylation is 1. The molecule has 1 aromatic carbocycles. The van der Waals surface area contributed by atoms with Crippen LogP contribution in [0.1, 0.15) is 12.0 Å². The van der Waals surface area contributed by atoms with Gasteiger partial charge in [0.05, 0.1) is 13.4 Å². The van der Waals surface area contributed by atoms with Crippen molar-refractivity contribution in [1.82, 2.24) is 0 Å². The first-order valence-corrected chi connectivity index (χ1v) is 4.15. The molecule has 0 aliphatic rings. The Hall–Kier alpha value is -1.24. The molecule has 64 valence electrons. The third-order valence-corrected chi connectivity index (χ3v) is 1.67. The van der Waals surface area contributed by atoms with Crippen molar-refractivity contribution in [2.75, 3.05) is 7.11 Å². The van der Waals surface area contributed by atoms with E-state index in [1.165, 1.54) is 5.56 Å². The molecule has 0 spiro atoms. The van der Waals surface area contributed by atoms with E-state index in [9.17, 15) is 0 Å². The van der Waals surface area contributed by atoms with Crippen LogP contribution in [0.25, 0.3) is 0 Å². The second-order valence-corrected chi connectivity index (χ2v) is 2.63. The number of hydrogen-bond donors (Lipinski definition) is 0. The van der Waals surface area contributed by atoms with Crippen LogP contribution in [0.2, 0.25) is 0 Å². The zero-order valence-electron chi connectivity index (χ0n) is 7.36. The average Bonchev–Trinajstić information content (AvgIpc) is 2.14. The Morgan fingerprint density at radius 3 is 2.67 bits per heavy atom. The summed E-state index contributed by atoms with van der Waals surface area (Å²) >= 11 is 0. The van der Waals surface area contributed by atoms with E-state index < -0.39 is 0 Å². The standard InChI is InChI=1S/C11H14O/c1-12-10-6-5-9-11-7-3-2-4-8-11/h2-4,6-8,10H,5,9H2,1H3/b10-6+. The van der Waals surface area contributed by atoms with E-state index in [0.717, 1.165) is 12.8 Å². The van der Waals surface area contributed by atoms with Gasteiger partial charge in [0.1, 0.15) is 0 Å². The lowest BCUT2D eigenvalue weighted by Gasteiger charge is -1.95. The lowest BCUT2D eigenvalue weighted by Crippen LogP contribution is -1.81. The van der Waals surface area contributed by atoms with Gasteiger partial charge in [-0.25, -0.2) is 0 Å². The molecule has 0 aliphatic heterocycles. The van der Waals surface area contributed by atoms with Crippen molar-refractivity contribution in [2.45, 2.75) is 12.8 Å². The minimum Gasteiger partial charge on any atom is -0.505 e. The summed E-state index contributed by atoms with van der Waals surface area (Å²) in [5.41, 5.74) is 1.37. The SMILES string of the molecule is CO/C=C/CCc1ccccc1. The van der Waals surface area contributed by atoms with Crippen LogP contribution in [0.3, 0.4) is 0 Å². The maximum Gasteiger partial charge on any atom is 0.0784 e. The van der Waals surface area contributed by atoms with E-state index in [1.54, 1.807) is 13.4 Å². The fourth-order valence-electron chi connectivity index (χ4n) is 1.06. The van der Waals surface area contributed by atoms with Gasteiger partial charge in [-0.2, -0.15) is 0 Å². The largest absolute Gasteiger partial charge is 0.505 e. The van der Waals surface area contributed by atoms with Crippen LogP contribution in [0.4, 0.5) is 0 Å². The molecule has 0 atom stereocenters. The molecule has 0 saturated heterocycles. The molecule has 0 aromatic heterocycles. The summed E-state index contributed by atoms with van der Waals surface area (Å²) < 4.78 is 4.80. The van der Waals surface area contributed by atoms with E-state index in [1.807, 2.05) is 12.1 Å². The number of benzene rings is 1. The molecule has 0 unspecified atom stereocenters. The van der Waals surface area contributed by atoms with Gasteiger partial charge in [0.2, 0.25) is 0 Å². The van der Waals surface area contributed by atoms with Crippen LogP contribution < -0.4 is 0 Å². The molecule has 0 amide bonds. The van der Waals surface area contributed by atoms with Crippen molar-refractivity contribution in [1.29, 1.82) is 0 Å². The summed E-state index contributed by atoms with van der Waals surface area (Å²) in [6.07, 6.45) is 5.88. The Kier molecular flexibility index (Phi) is 4.00. The summed E-state index contributed by atoms with van der Waals surface area (Å²) in [6.45, 7) is 0. The molecule has 1 heteroatoms. The van der Waals surface area contributed by atoms with Crippen molar-refractivity contribution in [3.8, 4) is 0 Å². The van der Waals surface area contributed by atoms with Crippen molar-refractivity contribution >= 4 is 0 Å². The van der Waals surface area contributed by atoms with Gasteiger partial charge < -0.3 is 4.74 Å². The number of allylic oxidation sites excluding steroid dienone is 1. The average molecular weight is 162 g/mol. The molecule has 1 rings (SSSR count). The summed E-state index contributed by atoms with van der Waals surface area (Å²) in [5.74, 6) is 0. The number of methoxy groups -OCH3 is 1. The minimum absolute atomic E-state index is 1.04. The third-order valence-electron chi connectivity index (χ3n) is 1.67. The second-order valence-electron chi connectivity index (χ2n) is 2.63. The van der Waals surface area contributed by atoms with E-state index in [-0.39, 0.29) is 0 Å². The van der Waals surface area contributed by atoms with E-state index in [2.05, 4.69) is 24.3 Å². The summed E-state index contributed by atoms with van der Waals surface area (Å²) in [5, 5.41) is 0. The van der Waals surface area contributed by atoms with Crippen LogP contribution in [0.5, 0.6) is 0 Å². The van der Waals surface area contributed by atoms with Gasteiger partial charge in [-0.1, -0.05) is 30.3 Å². The molecule has 12 heavy (non-hydrogen) atoms. The third kappa shape index (κ3) is 3.24. The highest BCUT2D eigenvalue weighted by Crippen LogP contribution is 2.02. The predicted octanol–water partition coefficient (Wildman–Crippen LogP) is 2.78. The predicted molar refractivity (Wildman–Crippen MR) is 50.9 cm³/mol. The van der Waals surface area contributed by atoms with Crippen LogP contribution in [0.15, 0.2) is 42.7 Å². The molecule has 0 radical (unpaired) electrons. The van der Waals surface area contributed by atoms with Crippen molar-refractivity contribution < 1.29 is 4.74 Å². The van der Waals surface area contributed by atoms with E-state index in [0.29, 0.717) is 0 Å². The summed E-state index contributed by atoms with van der Waals surface area (Å²) in [4.78, 5) is 0. The lowest BCUT2D eigenvalue weighted by atomic mass is 10.1. The summed E-state index contributed by atoms with van der Waals surface area (Å²) in [6, 6.07) is 10.4. The summed E-state index contributed by atoms with van der Waals surface area (Å²) in [7, 11) is 1.67. The van der Waals surface area contributed by atoms with Gasteiger partial charge in [0.15, 0.2) is 0 Å². The molecule has 0 fully saturated rings. The molecule has 0 aliphatic carbocycles. The maximum atomic E-state index is 4.80. The molecule has 0 N–H and O–H groups in total. The van der Waals surface area contributed by atoms with Gasteiger partial charge in [-0.15, -0.1) is 0 Å². The van der Waals surface area contributed by atoms with Crippen LogP contribution in [-0.4, -0.2) is 7.11 Å². The van der Waals surface area contributed by atoms with Crippen LogP contribution in [-0.2, 0) is 11.2 Å². The minimum atomic E-state index is 1.04. The van der Waals surface area contributed by atoms with Gasteiger partial charge in [0, 0.05) is 0 Å². The zero-order valence-corrected chi connectivity index (χ0v) is 7.36. The fourth-order valence-corrected chi connectivity index (χ4v) is 1.06. The first-order valence-electron chi connectivity index (χ1n) is 4.15.